The van der Waals surface area contributed by atoms with Crippen molar-refractivity contribution < 1.29 is 14.8 Å². The average molecular weight is 325 g/mol. The molecule has 98 valence electrons. The van der Waals surface area contributed by atoms with Gasteiger partial charge >= 0.3 is 5.97 Å². The Labute approximate surface area is 116 Å². The van der Waals surface area contributed by atoms with E-state index in [1.807, 2.05) is 0 Å². The summed E-state index contributed by atoms with van der Waals surface area (Å²) >= 11 is 3.14. The molecular weight excluding hydrogens is 316 g/mol. The summed E-state index contributed by atoms with van der Waals surface area (Å²) in [6, 6.07) is 7.72. The van der Waals surface area contributed by atoms with Crippen molar-refractivity contribution in [1.82, 2.24) is 4.57 Å². The molecule has 0 aliphatic carbocycles. The van der Waals surface area contributed by atoms with E-state index >= 15 is 0 Å². The third kappa shape index (κ3) is 2.37. The van der Waals surface area contributed by atoms with E-state index < -0.39 is 10.9 Å². The van der Waals surface area contributed by atoms with Crippen LogP contribution in [0.1, 0.15) is 10.5 Å². The van der Waals surface area contributed by atoms with Crippen LogP contribution in [0.5, 0.6) is 0 Å². The Kier molecular flexibility index (Phi) is 3.39. The number of carboxylic acids is 1. The molecule has 7 heteroatoms. The summed E-state index contributed by atoms with van der Waals surface area (Å²) in [7, 11) is 1.63. The minimum atomic E-state index is -1.02. The topological polar surface area (TPSA) is 85.4 Å². The molecule has 0 fully saturated rings. The van der Waals surface area contributed by atoms with Crippen molar-refractivity contribution in [2.75, 3.05) is 0 Å². The number of nitro benzene ring substituents is 1. The van der Waals surface area contributed by atoms with Crippen LogP contribution >= 0.6 is 15.9 Å². The number of halogens is 1. The number of aromatic carboxylic acids is 1. The van der Waals surface area contributed by atoms with Crippen molar-refractivity contribution in [1.29, 1.82) is 0 Å². The van der Waals surface area contributed by atoms with Crippen molar-refractivity contribution in [2.24, 2.45) is 7.05 Å². The molecule has 19 heavy (non-hydrogen) atoms. The van der Waals surface area contributed by atoms with E-state index in [4.69, 9.17) is 5.11 Å². The van der Waals surface area contributed by atoms with Crippen LogP contribution in [0, 0.1) is 10.1 Å². The highest BCUT2D eigenvalue weighted by atomic mass is 79.9. The number of rotatable bonds is 3. The maximum atomic E-state index is 11.0. The van der Waals surface area contributed by atoms with E-state index in [9.17, 15) is 14.9 Å². The Morgan fingerprint density at radius 1 is 1.37 bits per heavy atom. The van der Waals surface area contributed by atoms with Gasteiger partial charge in [-0.25, -0.2) is 4.79 Å². The molecule has 2 aromatic rings. The van der Waals surface area contributed by atoms with E-state index in [0.717, 1.165) is 0 Å². The minimum absolute atomic E-state index is 0.0311. The number of benzene rings is 1. The van der Waals surface area contributed by atoms with Crippen molar-refractivity contribution >= 4 is 27.6 Å². The molecule has 1 aromatic carbocycles. The summed E-state index contributed by atoms with van der Waals surface area (Å²) in [6.07, 6.45) is 0. The molecule has 0 atom stereocenters. The van der Waals surface area contributed by atoms with E-state index in [1.165, 1.54) is 16.7 Å². The molecule has 1 heterocycles. The van der Waals surface area contributed by atoms with Crippen molar-refractivity contribution in [3.63, 3.8) is 0 Å². The second-order valence-corrected chi connectivity index (χ2v) is 4.75. The van der Waals surface area contributed by atoms with Gasteiger partial charge in [0, 0.05) is 18.8 Å². The summed E-state index contributed by atoms with van der Waals surface area (Å²) in [5.41, 5.74) is 1.50. The number of nitrogens with zero attached hydrogens (tertiary/aromatic N) is 2. The second-order valence-electron chi connectivity index (χ2n) is 3.89. The first-order valence-corrected chi connectivity index (χ1v) is 6.04. The van der Waals surface area contributed by atoms with Crippen LogP contribution < -0.4 is 0 Å². The van der Waals surface area contributed by atoms with Crippen LogP contribution in [-0.2, 0) is 7.05 Å². The third-order valence-corrected chi connectivity index (χ3v) is 3.42. The fraction of sp³-hybridized carbons (Fsp3) is 0.0833. The summed E-state index contributed by atoms with van der Waals surface area (Å²) in [5, 5.41) is 19.7. The van der Waals surface area contributed by atoms with E-state index in [1.54, 1.807) is 25.2 Å². The predicted octanol–water partition coefficient (Wildman–Crippen LogP) is 3.06. The Morgan fingerprint density at radius 3 is 2.53 bits per heavy atom. The van der Waals surface area contributed by atoms with Gasteiger partial charge in [-0.2, -0.15) is 0 Å². The highest BCUT2D eigenvalue weighted by Crippen LogP contribution is 2.31. The number of carboxylic acid groups (broad SMARTS) is 1. The fourth-order valence-corrected chi connectivity index (χ4v) is 2.35. The average Bonchev–Trinajstić information content (AvgIpc) is 2.70. The van der Waals surface area contributed by atoms with Crippen LogP contribution in [0.4, 0.5) is 5.69 Å². The van der Waals surface area contributed by atoms with Crippen molar-refractivity contribution in [3.05, 3.63) is 50.6 Å². The smallest absolute Gasteiger partial charge is 0.352 e. The van der Waals surface area contributed by atoms with Crippen molar-refractivity contribution in [3.8, 4) is 11.3 Å². The molecule has 0 aliphatic heterocycles. The molecule has 0 aliphatic rings. The molecule has 0 saturated carbocycles. The number of carbonyl (C=O) groups is 1. The summed E-state index contributed by atoms with van der Waals surface area (Å²) in [4.78, 5) is 21.2. The number of hydrogen-bond acceptors (Lipinski definition) is 3. The lowest BCUT2D eigenvalue weighted by Gasteiger charge is -2.06. The van der Waals surface area contributed by atoms with E-state index in [0.29, 0.717) is 15.7 Å². The summed E-state index contributed by atoms with van der Waals surface area (Å²) in [6.45, 7) is 0. The molecule has 1 N–H and O–H groups in total. The van der Waals surface area contributed by atoms with Crippen LogP contribution in [0.25, 0.3) is 11.3 Å². The van der Waals surface area contributed by atoms with E-state index in [-0.39, 0.29) is 11.4 Å². The molecule has 0 bridgehead atoms. The zero-order valence-electron chi connectivity index (χ0n) is 9.83. The highest BCUT2D eigenvalue weighted by Gasteiger charge is 2.16. The molecule has 0 saturated heterocycles. The van der Waals surface area contributed by atoms with Crippen LogP contribution in [0.3, 0.4) is 0 Å². The first-order valence-electron chi connectivity index (χ1n) is 5.25. The van der Waals surface area contributed by atoms with Gasteiger partial charge in [-0.05, 0) is 45.8 Å². The monoisotopic (exact) mass is 324 g/mol. The lowest BCUT2D eigenvalue weighted by molar-refractivity contribution is -0.385. The van der Waals surface area contributed by atoms with Gasteiger partial charge in [0.2, 0.25) is 0 Å². The molecular formula is C12H9BrN2O4. The number of aromatic nitrogens is 1. The quantitative estimate of drug-likeness (QED) is 0.694. The maximum absolute atomic E-state index is 11.0. The predicted molar refractivity (Wildman–Crippen MR) is 72.2 cm³/mol. The first kappa shape index (κ1) is 13.3. The lowest BCUT2D eigenvalue weighted by atomic mass is 10.1. The SMILES string of the molecule is Cn1c(C(=O)O)ccc1-c1ccc([N+](=O)[O-])c(Br)c1. The minimum Gasteiger partial charge on any atom is -0.477 e. The number of hydrogen-bond donors (Lipinski definition) is 1. The molecule has 0 spiro atoms. The molecule has 0 unspecified atom stereocenters. The van der Waals surface area contributed by atoms with Gasteiger partial charge in [-0.3, -0.25) is 10.1 Å². The van der Waals surface area contributed by atoms with Crippen LogP contribution in [0.15, 0.2) is 34.8 Å². The Balaban J connectivity index is 2.51. The first-order chi connectivity index (χ1) is 8.91. The Bertz CT molecular complexity index is 678. The van der Waals surface area contributed by atoms with Gasteiger partial charge in [0.1, 0.15) is 5.69 Å². The van der Waals surface area contributed by atoms with Gasteiger partial charge in [-0.1, -0.05) is 0 Å². The van der Waals surface area contributed by atoms with Crippen LogP contribution in [0.2, 0.25) is 0 Å². The molecule has 6 nitrogen and oxygen atoms in total. The lowest BCUT2D eigenvalue weighted by Crippen LogP contribution is -2.05. The molecule has 1 aromatic heterocycles. The third-order valence-electron chi connectivity index (χ3n) is 2.78. The van der Waals surface area contributed by atoms with Crippen molar-refractivity contribution in [2.45, 2.75) is 0 Å². The molecule has 0 radical (unpaired) electrons. The van der Waals surface area contributed by atoms with Crippen LogP contribution in [-0.4, -0.2) is 20.6 Å². The maximum Gasteiger partial charge on any atom is 0.352 e. The zero-order chi connectivity index (χ0) is 14.2. The summed E-state index contributed by atoms with van der Waals surface area (Å²) in [5.74, 6) is -1.02. The normalized spacial score (nSPS) is 10.4. The van der Waals surface area contributed by atoms with Gasteiger partial charge in [0.05, 0.1) is 9.40 Å². The largest absolute Gasteiger partial charge is 0.477 e. The second kappa shape index (κ2) is 4.85. The fourth-order valence-electron chi connectivity index (χ4n) is 1.83. The molecule has 0 amide bonds. The van der Waals surface area contributed by atoms with Gasteiger partial charge < -0.3 is 9.67 Å². The molecule has 2 rings (SSSR count). The zero-order valence-corrected chi connectivity index (χ0v) is 11.4. The Morgan fingerprint density at radius 2 is 2.05 bits per heavy atom. The standard InChI is InChI=1S/C12H9BrN2O4/c1-14-9(4-5-11(14)12(16)17)7-2-3-10(15(18)19)8(13)6-7/h2-6H,1H3,(H,16,17). The highest BCUT2D eigenvalue weighted by molar-refractivity contribution is 9.10. The summed E-state index contributed by atoms with van der Waals surface area (Å²) < 4.78 is 1.88. The van der Waals surface area contributed by atoms with Gasteiger partial charge in [-0.15, -0.1) is 0 Å². The number of nitro groups is 1. The van der Waals surface area contributed by atoms with Gasteiger partial charge in [0.15, 0.2) is 0 Å². The van der Waals surface area contributed by atoms with Gasteiger partial charge in [0.25, 0.3) is 5.69 Å². The van der Waals surface area contributed by atoms with E-state index in [2.05, 4.69) is 15.9 Å². The Hall–Kier alpha value is -2.15.